The summed E-state index contributed by atoms with van der Waals surface area (Å²) < 4.78 is 0. The fraction of sp³-hybridized carbons (Fsp3) is 0.562. The van der Waals surface area contributed by atoms with Crippen molar-refractivity contribution in [1.29, 1.82) is 0 Å². The Kier molecular flexibility index (Phi) is 4.59. The Hall–Kier alpha value is -1.35. The molecule has 0 aromatic heterocycles. The van der Waals surface area contributed by atoms with Crippen molar-refractivity contribution < 1.29 is 4.79 Å². The van der Waals surface area contributed by atoms with E-state index in [4.69, 9.17) is 5.73 Å². The standard InChI is InChI=1S/C16H24N2O/c1-12-9-13(2)11-14(10-12)16(19)18(8-4-7-17)15-5-3-6-15/h9-11,15H,3-8,17H2,1-2H3. The summed E-state index contributed by atoms with van der Waals surface area (Å²) in [6.45, 7) is 5.50. The Balaban J connectivity index is 2.17. The van der Waals surface area contributed by atoms with Gasteiger partial charge in [-0.2, -0.15) is 0 Å². The van der Waals surface area contributed by atoms with Gasteiger partial charge in [0.1, 0.15) is 0 Å². The van der Waals surface area contributed by atoms with Gasteiger partial charge in [-0.25, -0.2) is 0 Å². The lowest BCUT2D eigenvalue weighted by atomic mass is 9.90. The molecule has 0 aliphatic heterocycles. The van der Waals surface area contributed by atoms with Gasteiger partial charge in [-0.05, 0) is 58.2 Å². The maximum atomic E-state index is 12.7. The van der Waals surface area contributed by atoms with Crippen molar-refractivity contribution >= 4 is 5.91 Å². The average molecular weight is 260 g/mol. The second kappa shape index (κ2) is 6.20. The molecule has 3 heteroatoms. The van der Waals surface area contributed by atoms with E-state index >= 15 is 0 Å². The summed E-state index contributed by atoms with van der Waals surface area (Å²) in [5.74, 6) is 0.171. The molecule has 1 aliphatic carbocycles. The van der Waals surface area contributed by atoms with Crippen molar-refractivity contribution in [3.63, 3.8) is 0 Å². The van der Waals surface area contributed by atoms with Gasteiger partial charge in [0.2, 0.25) is 0 Å². The normalized spacial score (nSPS) is 15.1. The molecule has 0 bridgehead atoms. The van der Waals surface area contributed by atoms with Crippen LogP contribution in [-0.2, 0) is 0 Å². The van der Waals surface area contributed by atoms with Crippen molar-refractivity contribution in [2.75, 3.05) is 13.1 Å². The lowest BCUT2D eigenvalue weighted by Gasteiger charge is -2.37. The molecule has 0 spiro atoms. The van der Waals surface area contributed by atoms with E-state index in [0.717, 1.165) is 42.5 Å². The minimum Gasteiger partial charge on any atom is -0.336 e. The molecule has 0 heterocycles. The maximum Gasteiger partial charge on any atom is 0.254 e. The lowest BCUT2D eigenvalue weighted by Crippen LogP contribution is -2.45. The zero-order valence-corrected chi connectivity index (χ0v) is 12.0. The number of rotatable bonds is 5. The molecular weight excluding hydrogens is 236 g/mol. The number of nitrogens with two attached hydrogens (primary N) is 1. The summed E-state index contributed by atoms with van der Waals surface area (Å²) in [6, 6.07) is 6.51. The fourth-order valence-corrected chi connectivity index (χ4v) is 2.67. The second-order valence-electron chi connectivity index (χ2n) is 5.60. The van der Waals surface area contributed by atoms with Crippen molar-refractivity contribution in [2.24, 2.45) is 5.73 Å². The molecule has 19 heavy (non-hydrogen) atoms. The summed E-state index contributed by atoms with van der Waals surface area (Å²) in [6.07, 6.45) is 4.40. The number of nitrogens with zero attached hydrogens (tertiary/aromatic N) is 1. The zero-order valence-electron chi connectivity index (χ0n) is 12.0. The fourth-order valence-electron chi connectivity index (χ4n) is 2.67. The summed E-state index contributed by atoms with van der Waals surface area (Å²) in [7, 11) is 0. The van der Waals surface area contributed by atoms with Crippen LogP contribution in [-0.4, -0.2) is 29.9 Å². The number of amides is 1. The van der Waals surface area contributed by atoms with Crippen molar-refractivity contribution in [2.45, 2.75) is 45.6 Å². The highest BCUT2D eigenvalue weighted by atomic mass is 16.2. The van der Waals surface area contributed by atoms with Crippen molar-refractivity contribution in [3.8, 4) is 0 Å². The van der Waals surface area contributed by atoms with Gasteiger partial charge in [0, 0.05) is 18.2 Å². The van der Waals surface area contributed by atoms with Crippen LogP contribution >= 0.6 is 0 Å². The third-order valence-corrected chi connectivity index (χ3v) is 3.85. The minimum atomic E-state index is 0.171. The lowest BCUT2D eigenvalue weighted by molar-refractivity contribution is 0.0578. The SMILES string of the molecule is Cc1cc(C)cc(C(=O)N(CCCN)C2CCC2)c1. The topological polar surface area (TPSA) is 46.3 Å². The van der Waals surface area contributed by atoms with E-state index in [1.165, 1.54) is 6.42 Å². The molecule has 3 nitrogen and oxygen atoms in total. The molecule has 104 valence electrons. The van der Waals surface area contributed by atoms with Crippen molar-refractivity contribution in [1.82, 2.24) is 4.90 Å². The van der Waals surface area contributed by atoms with E-state index in [-0.39, 0.29) is 5.91 Å². The monoisotopic (exact) mass is 260 g/mol. The number of hydrogen-bond acceptors (Lipinski definition) is 2. The second-order valence-corrected chi connectivity index (χ2v) is 5.60. The first-order chi connectivity index (χ1) is 9.11. The number of carbonyl (C=O) groups is 1. The van der Waals surface area contributed by atoms with Crippen LogP contribution in [0.5, 0.6) is 0 Å². The number of benzene rings is 1. The summed E-state index contributed by atoms with van der Waals surface area (Å²) in [4.78, 5) is 14.7. The van der Waals surface area contributed by atoms with Crippen LogP contribution in [0.25, 0.3) is 0 Å². The van der Waals surface area contributed by atoms with Crippen LogP contribution in [0.2, 0.25) is 0 Å². The van der Waals surface area contributed by atoms with Gasteiger partial charge in [-0.3, -0.25) is 4.79 Å². The van der Waals surface area contributed by atoms with Crippen LogP contribution < -0.4 is 5.73 Å². The summed E-state index contributed by atoms with van der Waals surface area (Å²) in [5, 5.41) is 0. The molecule has 1 fully saturated rings. The highest BCUT2D eigenvalue weighted by Crippen LogP contribution is 2.26. The van der Waals surface area contributed by atoms with Gasteiger partial charge in [-0.15, -0.1) is 0 Å². The van der Waals surface area contributed by atoms with Crippen molar-refractivity contribution in [3.05, 3.63) is 34.9 Å². The van der Waals surface area contributed by atoms with Gasteiger partial charge in [0.05, 0.1) is 0 Å². The Morgan fingerprint density at radius 2 is 1.89 bits per heavy atom. The van der Waals surface area contributed by atoms with Crippen LogP contribution in [0.3, 0.4) is 0 Å². The largest absolute Gasteiger partial charge is 0.336 e. The van der Waals surface area contributed by atoms with E-state index < -0.39 is 0 Å². The quantitative estimate of drug-likeness (QED) is 0.884. The van der Waals surface area contributed by atoms with Gasteiger partial charge in [-0.1, -0.05) is 17.2 Å². The molecule has 1 aliphatic rings. The van der Waals surface area contributed by atoms with Crippen LogP contribution in [0.4, 0.5) is 0 Å². The Morgan fingerprint density at radius 1 is 1.26 bits per heavy atom. The molecule has 0 radical (unpaired) electrons. The van der Waals surface area contributed by atoms with Crippen LogP contribution in [0.15, 0.2) is 18.2 Å². The molecule has 1 aromatic rings. The summed E-state index contributed by atoms with van der Waals surface area (Å²) in [5.41, 5.74) is 8.70. The number of carbonyl (C=O) groups excluding carboxylic acids is 1. The Bertz CT molecular complexity index is 432. The highest BCUT2D eigenvalue weighted by molar-refractivity contribution is 5.94. The molecule has 0 atom stereocenters. The molecule has 1 aromatic carbocycles. The molecule has 0 unspecified atom stereocenters. The number of aryl methyl sites for hydroxylation is 2. The van der Waals surface area contributed by atoms with Crippen LogP contribution in [0.1, 0.15) is 47.2 Å². The van der Waals surface area contributed by atoms with Gasteiger partial charge >= 0.3 is 0 Å². The Morgan fingerprint density at radius 3 is 2.37 bits per heavy atom. The highest BCUT2D eigenvalue weighted by Gasteiger charge is 2.28. The first-order valence-corrected chi connectivity index (χ1v) is 7.21. The van der Waals surface area contributed by atoms with Crippen LogP contribution in [0, 0.1) is 13.8 Å². The minimum absolute atomic E-state index is 0.171. The molecule has 2 N–H and O–H groups in total. The molecule has 1 saturated carbocycles. The van der Waals surface area contributed by atoms with E-state index in [1.807, 2.05) is 30.9 Å². The van der Waals surface area contributed by atoms with Gasteiger partial charge in [0.25, 0.3) is 5.91 Å². The smallest absolute Gasteiger partial charge is 0.254 e. The molecule has 0 saturated heterocycles. The average Bonchev–Trinajstić information content (AvgIpc) is 2.29. The molecular formula is C16H24N2O. The maximum absolute atomic E-state index is 12.7. The van der Waals surface area contributed by atoms with Gasteiger partial charge in [0.15, 0.2) is 0 Å². The zero-order chi connectivity index (χ0) is 13.8. The van der Waals surface area contributed by atoms with E-state index in [9.17, 15) is 4.79 Å². The van der Waals surface area contributed by atoms with E-state index in [2.05, 4.69) is 6.07 Å². The third-order valence-electron chi connectivity index (χ3n) is 3.85. The van der Waals surface area contributed by atoms with E-state index in [0.29, 0.717) is 12.6 Å². The first kappa shape index (κ1) is 14.1. The first-order valence-electron chi connectivity index (χ1n) is 7.21. The third kappa shape index (κ3) is 3.35. The summed E-state index contributed by atoms with van der Waals surface area (Å²) >= 11 is 0. The predicted octanol–water partition coefficient (Wildman–Crippen LogP) is 2.65. The number of hydrogen-bond donors (Lipinski definition) is 1. The molecule has 2 rings (SSSR count). The van der Waals surface area contributed by atoms with Gasteiger partial charge < -0.3 is 10.6 Å². The Labute approximate surface area is 115 Å². The molecule has 1 amide bonds. The predicted molar refractivity (Wildman–Crippen MR) is 78.3 cm³/mol. The van der Waals surface area contributed by atoms with E-state index in [1.54, 1.807) is 0 Å².